The van der Waals surface area contributed by atoms with Gasteiger partial charge in [0.25, 0.3) is 0 Å². The van der Waals surface area contributed by atoms with E-state index in [0.717, 1.165) is 20.3 Å². The summed E-state index contributed by atoms with van der Waals surface area (Å²) in [5, 5.41) is 2.48. The molecule has 3 nitrogen and oxygen atoms in total. The van der Waals surface area contributed by atoms with Gasteiger partial charge < -0.3 is 4.74 Å². The van der Waals surface area contributed by atoms with Crippen LogP contribution in [0.4, 0.5) is 0 Å². The maximum atomic E-state index is 13.2. The van der Waals surface area contributed by atoms with Crippen LogP contribution in [0.3, 0.4) is 0 Å². The summed E-state index contributed by atoms with van der Waals surface area (Å²) in [6.45, 7) is 3.93. The SMILES string of the molecule is CC(C)Oc1ccc2sc3c(Cl)nc4ccccc4c3c(=O)c2c1. The Hall–Kier alpha value is -2.17. The second-order valence-corrected chi connectivity index (χ2v) is 7.29. The van der Waals surface area contributed by atoms with Gasteiger partial charge in [0.05, 0.1) is 21.7 Å². The van der Waals surface area contributed by atoms with Gasteiger partial charge in [-0.05, 0) is 38.1 Å². The number of benzene rings is 2. The van der Waals surface area contributed by atoms with Gasteiger partial charge >= 0.3 is 0 Å². The highest BCUT2D eigenvalue weighted by Gasteiger charge is 2.14. The summed E-state index contributed by atoms with van der Waals surface area (Å²) < 4.78 is 7.33. The van der Waals surface area contributed by atoms with E-state index in [1.807, 2.05) is 56.3 Å². The molecule has 0 spiro atoms. The van der Waals surface area contributed by atoms with Gasteiger partial charge in [-0.15, -0.1) is 11.3 Å². The molecular formula is C19H14ClNO2S. The van der Waals surface area contributed by atoms with Gasteiger partial charge in [0.1, 0.15) is 10.9 Å². The Kier molecular flexibility index (Phi) is 3.66. The molecule has 0 radical (unpaired) electrons. The molecule has 0 aliphatic rings. The van der Waals surface area contributed by atoms with Gasteiger partial charge in [-0.2, -0.15) is 0 Å². The number of rotatable bonds is 2. The molecule has 4 rings (SSSR count). The van der Waals surface area contributed by atoms with Crippen LogP contribution in [0.25, 0.3) is 31.1 Å². The number of hydrogen-bond donors (Lipinski definition) is 0. The highest BCUT2D eigenvalue weighted by Crippen LogP contribution is 2.34. The van der Waals surface area contributed by atoms with E-state index in [0.29, 0.717) is 21.7 Å². The number of hydrogen-bond acceptors (Lipinski definition) is 4. The van der Waals surface area contributed by atoms with Gasteiger partial charge in [0, 0.05) is 15.5 Å². The number of nitrogens with zero attached hydrogens (tertiary/aromatic N) is 1. The molecule has 0 fully saturated rings. The van der Waals surface area contributed by atoms with Crippen LogP contribution in [0, 0.1) is 0 Å². The second-order valence-electron chi connectivity index (χ2n) is 5.88. The van der Waals surface area contributed by atoms with E-state index >= 15 is 0 Å². The zero-order valence-electron chi connectivity index (χ0n) is 13.2. The number of aromatic nitrogens is 1. The molecule has 2 aromatic carbocycles. The summed E-state index contributed by atoms with van der Waals surface area (Å²) in [4.78, 5) is 17.6. The third-order valence-electron chi connectivity index (χ3n) is 3.81. The van der Waals surface area contributed by atoms with Gasteiger partial charge in [-0.25, -0.2) is 4.98 Å². The molecule has 0 aliphatic heterocycles. The number of para-hydroxylation sites is 1. The second kappa shape index (κ2) is 5.72. The first-order valence-corrected chi connectivity index (χ1v) is 8.85. The minimum absolute atomic E-state index is 0.0338. The van der Waals surface area contributed by atoms with Gasteiger partial charge in [-0.1, -0.05) is 29.8 Å². The lowest BCUT2D eigenvalue weighted by atomic mass is 10.1. The van der Waals surface area contributed by atoms with E-state index in [2.05, 4.69) is 4.98 Å². The first-order valence-electron chi connectivity index (χ1n) is 7.66. The highest BCUT2D eigenvalue weighted by molar-refractivity contribution is 7.25. The van der Waals surface area contributed by atoms with Crippen LogP contribution < -0.4 is 10.2 Å². The van der Waals surface area contributed by atoms with Gasteiger partial charge in [0.2, 0.25) is 0 Å². The minimum atomic E-state index is -0.0338. The van der Waals surface area contributed by atoms with Crippen LogP contribution in [0.15, 0.2) is 47.3 Å². The fourth-order valence-corrected chi connectivity index (χ4v) is 4.20. The maximum absolute atomic E-state index is 13.2. The molecule has 0 bridgehead atoms. The largest absolute Gasteiger partial charge is 0.491 e. The number of pyridine rings is 1. The summed E-state index contributed by atoms with van der Waals surface area (Å²) in [7, 11) is 0. The monoisotopic (exact) mass is 355 g/mol. The average molecular weight is 356 g/mol. The summed E-state index contributed by atoms with van der Waals surface area (Å²) in [5.41, 5.74) is 0.696. The van der Waals surface area contributed by atoms with Crippen molar-refractivity contribution in [2.45, 2.75) is 20.0 Å². The van der Waals surface area contributed by atoms with E-state index < -0.39 is 0 Å². The molecule has 0 saturated heterocycles. The Bertz CT molecular complexity index is 1150. The standard InChI is InChI=1S/C19H14ClNO2S/c1-10(2)23-11-7-8-15-13(9-11)17(22)16-12-5-3-4-6-14(12)21-19(20)18(16)24-15/h3-10H,1-2H3. The average Bonchev–Trinajstić information content (AvgIpc) is 2.55. The van der Waals surface area contributed by atoms with E-state index in [9.17, 15) is 4.79 Å². The van der Waals surface area contributed by atoms with Crippen molar-refractivity contribution in [3.05, 3.63) is 57.8 Å². The molecule has 5 heteroatoms. The summed E-state index contributed by atoms with van der Waals surface area (Å²) >= 11 is 7.83. The molecule has 2 heterocycles. The van der Waals surface area contributed by atoms with Crippen LogP contribution in [0.5, 0.6) is 5.75 Å². The quantitative estimate of drug-likeness (QED) is 0.274. The van der Waals surface area contributed by atoms with Crippen LogP contribution in [-0.4, -0.2) is 11.1 Å². The predicted molar refractivity (Wildman–Crippen MR) is 102 cm³/mol. The number of halogens is 1. The third kappa shape index (κ3) is 2.43. The Balaban J connectivity index is 2.15. The molecule has 0 N–H and O–H groups in total. The molecule has 0 saturated carbocycles. The Morgan fingerprint density at radius 2 is 1.92 bits per heavy atom. The first-order chi connectivity index (χ1) is 11.5. The summed E-state index contributed by atoms with van der Waals surface area (Å²) in [6.07, 6.45) is 0.0566. The zero-order valence-corrected chi connectivity index (χ0v) is 14.7. The lowest BCUT2D eigenvalue weighted by Crippen LogP contribution is -2.07. The van der Waals surface area contributed by atoms with Crippen molar-refractivity contribution in [1.29, 1.82) is 0 Å². The molecule has 0 unspecified atom stereocenters. The summed E-state index contributed by atoms with van der Waals surface area (Å²) in [6, 6.07) is 13.2. The predicted octanol–water partition coefficient (Wildman–Crippen LogP) is 5.40. The van der Waals surface area contributed by atoms with Crippen LogP contribution in [0.1, 0.15) is 13.8 Å². The topological polar surface area (TPSA) is 39.2 Å². The molecule has 0 atom stereocenters. The van der Waals surface area contributed by atoms with Crippen molar-refractivity contribution in [2.75, 3.05) is 0 Å². The van der Waals surface area contributed by atoms with Gasteiger partial charge in [0.15, 0.2) is 5.43 Å². The van der Waals surface area contributed by atoms with Gasteiger partial charge in [-0.3, -0.25) is 4.79 Å². The number of ether oxygens (including phenoxy) is 1. The molecule has 24 heavy (non-hydrogen) atoms. The van der Waals surface area contributed by atoms with Crippen molar-refractivity contribution in [1.82, 2.24) is 4.98 Å². The summed E-state index contributed by atoms with van der Waals surface area (Å²) in [5.74, 6) is 0.700. The Morgan fingerprint density at radius 1 is 1.12 bits per heavy atom. The molecule has 120 valence electrons. The van der Waals surface area contributed by atoms with E-state index in [1.165, 1.54) is 11.3 Å². The third-order valence-corrected chi connectivity index (χ3v) is 5.38. The molecule has 2 aromatic heterocycles. The Labute approximate surface area is 147 Å². The number of fused-ring (bicyclic) bond motifs is 4. The first kappa shape index (κ1) is 15.4. The lowest BCUT2D eigenvalue weighted by Gasteiger charge is -2.11. The van der Waals surface area contributed by atoms with Crippen molar-refractivity contribution in [3.8, 4) is 5.75 Å². The molecular weight excluding hydrogens is 342 g/mol. The molecule has 0 aliphatic carbocycles. The van der Waals surface area contributed by atoms with Crippen LogP contribution in [0.2, 0.25) is 5.15 Å². The van der Waals surface area contributed by atoms with E-state index in [-0.39, 0.29) is 11.5 Å². The lowest BCUT2D eigenvalue weighted by molar-refractivity contribution is 0.243. The fourth-order valence-electron chi connectivity index (χ4n) is 2.85. The van der Waals surface area contributed by atoms with Crippen LogP contribution in [-0.2, 0) is 0 Å². The fraction of sp³-hybridized carbons (Fsp3) is 0.158. The van der Waals surface area contributed by atoms with E-state index in [4.69, 9.17) is 16.3 Å². The molecule has 0 amide bonds. The van der Waals surface area contributed by atoms with Crippen molar-refractivity contribution in [2.24, 2.45) is 0 Å². The highest BCUT2D eigenvalue weighted by atomic mass is 35.5. The molecule has 4 aromatic rings. The van der Waals surface area contributed by atoms with Crippen molar-refractivity contribution < 1.29 is 4.74 Å². The van der Waals surface area contributed by atoms with Crippen molar-refractivity contribution >= 4 is 54.0 Å². The van der Waals surface area contributed by atoms with Crippen LogP contribution >= 0.6 is 22.9 Å². The zero-order chi connectivity index (χ0) is 16.8. The normalized spacial score (nSPS) is 11.7. The smallest absolute Gasteiger partial charge is 0.196 e. The maximum Gasteiger partial charge on any atom is 0.196 e. The Morgan fingerprint density at radius 3 is 2.71 bits per heavy atom. The van der Waals surface area contributed by atoms with E-state index in [1.54, 1.807) is 0 Å². The van der Waals surface area contributed by atoms with Crippen molar-refractivity contribution in [3.63, 3.8) is 0 Å². The minimum Gasteiger partial charge on any atom is -0.491 e.